The molecule has 0 radical (unpaired) electrons. The summed E-state index contributed by atoms with van der Waals surface area (Å²) in [7, 11) is 1.09. The monoisotopic (exact) mass is 434 g/mol. The number of carbonyl (C=O) groups excluding carboxylic acids is 5. The lowest BCUT2D eigenvalue weighted by Gasteiger charge is -2.31. The van der Waals surface area contributed by atoms with E-state index in [-0.39, 0.29) is 39.1 Å². The maximum Gasteiger partial charge on any atom is 0.509 e. The molecule has 2 atom stereocenters. The van der Waals surface area contributed by atoms with Gasteiger partial charge in [0, 0.05) is 6.54 Å². The second kappa shape index (κ2) is 12.6. The Kier molecular flexibility index (Phi) is 11.4. The van der Waals surface area contributed by atoms with E-state index in [0.29, 0.717) is 0 Å². The molecule has 0 spiro atoms. The smallest absolute Gasteiger partial charge is 0.438 e. The molecule has 12 heteroatoms. The van der Waals surface area contributed by atoms with Gasteiger partial charge in [-0.05, 0) is 40.5 Å². The fourth-order valence-electron chi connectivity index (χ4n) is 2.04. The molecule has 30 heavy (non-hydrogen) atoms. The second-order valence-electron chi connectivity index (χ2n) is 6.74. The molecule has 0 aliphatic heterocycles. The number of aliphatic hydroxyl groups is 1. The van der Waals surface area contributed by atoms with Gasteiger partial charge in [-0.2, -0.15) is 0 Å². The molecule has 12 nitrogen and oxygen atoms in total. The van der Waals surface area contributed by atoms with Crippen molar-refractivity contribution in [1.29, 1.82) is 0 Å². The second-order valence-corrected chi connectivity index (χ2v) is 6.74. The van der Waals surface area contributed by atoms with Crippen LogP contribution in [-0.2, 0) is 28.5 Å². The summed E-state index contributed by atoms with van der Waals surface area (Å²) in [5, 5.41) is 13.3. The van der Waals surface area contributed by atoms with Crippen LogP contribution in [0.2, 0.25) is 0 Å². The van der Waals surface area contributed by atoms with Crippen LogP contribution in [0, 0.1) is 0 Å². The summed E-state index contributed by atoms with van der Waals surface area (Å²) in [5.41, 5.74) is -3.22. The molecule has 0 saturated carbocycles. The van der Waals surface area contributed by atoms with E-state index in [9.17, 15) is 24.0 Å². The number of amides is 2. The van der Waals surface area contributed by atoms with Crippen LogP contribution in [0.25, 0.3) is 0 Å². The van der Waals surface area contributed by atoms with Crippen LogP contribution >= 0.6 is 0 Å². The van der Waals surface area contributed by atoms with Gasteiger partial charge in [-0.1, -0.05) is 0 Å². The Bertz CT molecular complexity index is 638. The third-order valence-corrected chi connectivity index (χ3v) is 4.36. The first-order chi connectivity index (χ1) is 13.9. The highest BCUT2D eigenvalue weighted by Crippen LogP contribution is 2.28. The molecule has 2 amide bonds. The fraction of sp³-hybridized carbons (Fsp3) is 0.722. The van der Waals surface area contributed by atoms with Gasteiger partial charge >= 0.3 is 18.3 Å². The Hall–Kier alpha value is -2.89. The Balaban J connectivity index is 4.78. The number of nitrogens with one attached hydrogen (secondary N) is 2. The van der Waals surface area contributed by atoms with Crippen molar-refractivity contribution in [2.24, 2.45) is 0 Å². The minimum Gasteiger partial charge on any atom is -0.438 e. The predicted octanol–water partition coefficient (Wildman–Crippen LogP) is 0.690. The maximum atomic E-state index is 12.1. The number of urea groups is 1. The molecule has 0 fully saturated rings. The highest BCUT2D eigenvalue weighted by atomic mass is 16.7. The maximum absolute atomic E-state index is 12.1. The van der Waals surface area contributed by atoms with Crippen LogP contribution in [0.4, 0.5) is 14.4 Å². The minimum atomic E-state index is -1.64. The number of aliphatic hydroxyl groups excluding tert-OH is 1. The number of hydrogen-bond acceptors (Lipinski definition) is 10. The number of ketones is 2. The molecule has 0 saturated heterocycles. The van der Waals surface area contributed by atoms with E-state index in [4.69, 9.17) is 19.3 Å². The normalized spacial score (nSPS) is 14.3. The van der Waals surface area contributed by atoms with Crippen molar-refractivity contribution in [2.45, 2.75) is 51.7 Å². The van der Waals surface area contributed by atoms with Crippen molar-refractivity contribution in [3.63, 3.8) is 0 Å². The van der Waals surface area contributed by atoms with Gasteiger partial charge in [0.25, 0.3) is 0 Å². The third kappa shape index (κ3) is 9.54. The predicted molar refractivity (Wildman–Crippen MR) is 102 cm³/mol. The first-order valence-corrected chi connectivity index (χ1v) is 9.17. The number of rotatable bonds is 12. The van der Waals surface area contributed by atoms with Crippen LogP contribution in [0.1, 0.15) is 40.5 Å². The minimum absolute atomic E-state index is 0.0292. The van der Waals surface area contributed by atoms with Crippen molar-refractivity contribution in [1.82, 2.24) is 10.6 Å². The van der Waals surface area contributed by atoms with Gasteiger partial charge in [0.15, 0.2) is 22.8 Å². The standard InChI is InChI=1S/C18H30N2O10/c1-12(22)17(3,29-15(25)27-5)6-7-18(4,13(2)23)30-16(26)28-11-9-20-14(24)19-8-10-21/h21H,6-11H2,1-5H3,(H2,19,20,24). The molecule has 0 aliphatic carbocycles. The number of ether oxygens (including phenoxy) is 4. The first kappa shape index (κ1) is 27.1. The van der Waals surface area contributed by atoms with Gasteiger partial charge in [-0.3, -0.25) is 9.59 Å². The van der Waals surface area contributed by atoms with E-state index in [1.807, 2.05) is 0 Å². The Labute approximate surface area is 174 Å². The Morgan fingerprint density at radius 1 is 0.833 bits per heavy atom. The zero-order chi connectivity index (χ0) is 23.4. The average Bonchev–Trinajstić information content (AvgIpc) is 2.67. The van der Waals surface area contributed by atoms with Gasteiger partial charge in [0.1, 0.15) is 6.61 Å². The van der Waals surface area contributed by atoms with Crippen LogP contribution < -0.4 is 10.6 Å². The number of methoxy groups -OCH3 is 1. The van der Waals surface area contributed by atoms with E-state index in [1.165, 1.54) is 27.7 Å². The highest BCUT2D eigenvalue weighted by molar-refractivity contribution is 5.88. The van der Waals surface area contributed by atoms with Crippen molar-refractivity contribution < 1.29 is 48.0 Å². The van der Waals surface area contributed by atoms with Crippen molar-refractivity contribution in [2.75, 3.05) is 33.4 Å². The van der Waals surface area contributed by atoms with E-state index >= 15 is 0 Å². The summed E-state index contributed by atoms with van der Waals surface area (Å²) in [6, 6.07) is -0.552. The molecule has 0 rings (SSSR count). The SMILES string of the molecule is COC(=O)OC(C)(CCC(C)(OC(=O)OCCNC(=O)NCCO)C(C)=O)C(C)=O. The summed E-state index contributed by atoms with van der Waals surface area (Å²) < 4.78 is 19.4. The van der Waals surface area contributed by atoms with Crippen LogP contribution in [0.3, 0.4) is 0 Å². The zero-order valence-electron chi connectivity index (χ0n) is 17.9. The Morgan fingerprint density at radius 2 is 1.30 bits per heavy atom. The molecule has 0 bridgehead atoms. The van der Waals surface area contributed by atoms with Gasteiger partial charge in [0.05, 0.1) is 20.3 Å². The first-order valence-electron chi connectivity index (χ1n) is 9.17. The average molecular weight is 434 g/mol. The Morgan fingerprint density at radius 3 is 1.73 bits per heavy atom. The number of Topliss-reactive ketones (excluding diaryl/α,β-unsaturated/α-hetero) is 2. The molecule has 3 N–H and O–H groups in total. The molecule has 0 aromatic heterocycles. The van der Waals surface area contributed by atoms with Crippen LogP contribution in [0.5, 0.6) is 0 Å². The van der Waals surface area contributed by atoms with Crippen molar-refractivity contribution in [3.05, 3.63) is 0 Å². The summed E-state index contributed by atoms with van der Waals surface area (Å²) in [5.74, 6) is -0.989. The lowest BCUT2D eigenvalue weighted by Crippen LogP contribution is -2.45. The number of carbonyl (C=O) groups is 5. The van der Waals surface area contributed by atoms with E-state index < -0.39 is 41.1 Å². The van der Waals surface area contributed by atoms with Crippen molar-refractivity contribution in [3.8, 4) is 0 Å². The van der Waals surface area contributed by atoms with Crippen LogP contribution in [0.15, 0.2) is 0 Å². The summed E-state index contributed by atoms with van der Waals surface area (Å²) in [6.45, 7) is 4.72. The molecule has 0 aromatic carbocycles. The van der Waals surface area contributed by atoms with Crippen LogP contribution in [-0.4, -0.2) is 79.6 Å². The summed E-state index contributed by atoms with van der Waals surface area (Å²) in [4.78, 5) is 58.6. The molecule has 2 unspecified atom stereocenters. The topological polar surface area (TPSA) is 167 Å². The lowest BCUT2D eigenvalue weighted by atomic mass is 9.87. The van der Waals surface area contributed by atoms with Gasteiger partial charge in [0.2, 0.25) is 0 Å². The third-order valence-electron chi connectivity index (χ3n) is 4.36. The molecule has 0 heterocycles. The fourth-order valence-corrected chi connectivity index (χ4v) is 2.04. The van der Waals surface area contributed by atoms with E-state index in [2.05, 4.69) is 15.4 Å². The van der Waals surface area contributed by atoms with E-state index in [1.54, 1.807) is 0 Å². The summed E-state index contributed by atoms with van der Waals surface area (Å²) in [6.07, 6.45) is -2.46. The molecular formula is C18H30N2O10. The molecular weight excluding hydrogens is 404 g/mol. The van der Waals surface area contributed by atoms with Crippen molar-refractivity contribution >= 4 is 29.9 Å². The molecule has 0 aromatic rings. The van der Waals surface area contributed by atoms with E-state index in [0.717, 1.165) is 7.11 Å². The van der Waals surface area contributed by atoms with Gasteiger partial charge in [-0.25, -0.2) is 14.4 Å². The summed E-state index contributed by atoms with van der Waals surface area (Å²) >= 11 is 0. The quantitative estimate of drug-likeness (QED) is 0.294. The number of hydrogen-bond donors (Lipinski definition) is 3. The lowest BCUT2D eigenvalue weighted by molar-refractivity contribution is -0.144. The highest BCUT2D eigenvalue weighted by Gasteiger charge is 2.41. The van der Waals surface area contributed by atoms with Gasteiger partial charge in [-0.15, -0.1) is 0 Å². The largest absolute Gasteiger partial charge is 0.509 e. The zero-order valence-corrected chi connectivity index (χ0v) is 17.9. The molecule has 172 valence electrons. The van der Waals surface area contributed by atoms with Gasteiger partial charge < -0.3 is 34.7 Å². The molecule has 0 aliphatic rings.